The van der Waals surface area contributed by atoms with Crippen molar-refractivity contribution < 1.29 is 9.84 Å². The Hall–Kier alpha value is -3.54. The van der Waals surface area contributed by atoms with E-state index in [1.807, 2.05) is 37.4 Å². The number of phenolic OH excluding ortho intramolecular Hbond substituents is 1. The van der Waals surface area contributed by atoms with Gasteiger partial charge in [-0.1, -0.05) is 30.3 Å². The summed E-state index contributed by atoms with van der Waals surface area (Å²) in [7, 11) is 3.39. The molecule has 0 aliphatic carbocycles. The molecule has 0 unspecified atom stereocenters. The number of aromatic hydroxyl groups is 1. The van der Waals surface area contributed by atoms with Crippen LogP contribution in [-0.4, -0.2) is 33.8 Å². The molecule has 27 heavy (non-hydrogen) atoms. The minimum atomic E-state index is 0.105. The summed E-state index contributed by atoms with van der Waals surface area (Å²) in [6.45, 7) is 0.704. The lowest BCUT2D eigenvalue weighted by atomic mass is 10.1. The summed E-state index contributed by atoms with van der Waals surface area (Å²) in [6, 6.07) is 17.5. The van der Waals surface area contributed by atoms with E-state index in [9.17, 15) is 5.11 Å². The zero-order valence-corrected chi connectivity index (χ0v) is 15.2. The molecular formula is C21H20N4O2. The minimum absolute atomic E-state index is 0.105. The van der Waals surface area contributed by atoms with E-state index in [0.717, 1.165) is 28.2 Å². The van der Waals surface area contributed by atoms with Gasteiger partial charge >= 0.3 is 0 Å². The first-order chi connectivity index (χ1) is 13.2. The maximum Gasteiger partial charge on any atom is 0.203 e. The molecule has 6 heteroatoms. The number of hydrogen-bond acceptors (Lipinski definition) is 5. The number of anilines is 1. The maximum atomic E-state index is 9.83. The van der Waals surface area contributed by atoms with Gasteiger partial charge in [0.1, 0.15) is 5.52 Å². The molecule has 0 amide bonds. The van der Waals surface area contributed by atoms with Crippen molar-refractivity contribution in [3.63, 3.8) is 0 Å². The lowest BCUT2D eigenvalue weighted by Crippen LogP contribution is -2.05. The maximum absolute atomic E-state index is 9.83. The lowest BCUT2D eigenvalue weighted by Gasteiger charge is -2.10. The summed E-state index contributed by atoms with van der Waals surface area (Å²) >= 11 is 0. The number of fused-ring (bicyclic) bond motifs is 1. The van der Waals surface area contributed by atoms with Crippen molar-refractivity contribution in [2.75, 3.05) is 19.5 Å². The van der Waals surface area contributed by atoms with Gasteiger partial charge in [0, 0.05) is 12.6 Å². The number of hydrogen-bond donors (Lipinski definition) is 2. The molecule has 4 aromatic rings. The predicted molar refractivity (Wildman–Crippen MR) is 106 cm³/mol. The summed E-state index contributed by atoms with van der Waals surface area (Å²) in [6.07, 6.45) is 1.77. The molecule has 2 aromatic carbocycles. The fourth-order valence-corrected chi connectivity index (χ4v) is 3.14. The number of rotatable bonds is 5. The van der Waals surface area contributed by atoms with E-state index in [2.05, 4.69) is 32.0 Å². The van der Waals surface area contributed by atoms with Crippen LogP contribution in [0.25, 0.3) is 22.3 Å². The Kier molecular flexibility index (Phi) is 4.38. The number of benzene rings is 2. The second-order valence-corrected chi connectivity index (χ2v) is 6.20. The van der Waals surface area contributed by atoms with Gasteiger partial charge in [-0.05, 0) is 29.8 Å². The first kappa shape index (κ1) is 16.9. The number of methoxy groups -OCH3 is 1. The number of nitrogens with zero attached hydrogens (tertiary/aromatic N) is 3. The van der Waals surface area contributed by atoms with E-state index in [-0.39, 0.29) is 5.75 Å². The predicted octanol–water partition coefficient (Wildman–Crippen LogP) is 3.90. The molecule has 136 valence electrons. The van der Waals surface area contributed by atoms with Crippen LogP contribution in [0, 0.1) is 0 Å². The Labute approximate surface area is 157 Å². The third kappa shape index (κ3) is 3.17. The van der Waals surface area contributed by atoms with E-state index < -0.39 is 0 Å². The van der Waals surface area contributed by atoms with Crippen LogP contribution in [-0.2, 0) is 6.54 Å². The van der Waals surface area contributed by atoms with Gasteiger partial charge in [-0.3, -0.25) is 4.98 Å². The van der Waals surface area contributed by atoms with Crippen LogP contribution in [0.2, 0.25) is 0 Å². The molecule has 4 rings (SSSR count). The van der Waals surface area contributed by atoms with Gasteiger partial charge in [0.25, 0.3) is 0 Å². The highest BCUT2D eigenvalue weighted by atomic mass is 16.5. The third-order valence-corrected chi connectivity index (χ3v) is 4.52. The molecule has 0 fully saturated rings. The van der Waals surface area contributed by atoms with Crippen LogP contribution in [0.3, 0.4) is 0 Å². The summed E-state index contributed by atoms with van der Waals surface area (Å²) in [5, 5.41) is 13.0. The number of aromatic nitrogens is 3. The van der Waals surface area contributed by atoms with Gasteiger partial charge in [-0.2, -0.15) is 0 Å². The molecular weight excluding hydrogens is 340 g/mol. The van der Waals surface area contributed by atoms with Crippen LogP contribution in [0.1, 0.15) is 5.56 Å². The van der Waals surface area contributed by atoms with Crippen molar-refractivity contribution in [1.82, 2.24) is 14.5 Å². The first-order valence-electron chi connectivity index (χ1n) is 8.65. The van der Waals surface area contributed by atoms with Crippen LogP contribution in [0.4, 0.5) is 5.95 Å². The smallest absolute Gasteiger partial charge is 0.203 e. The lowest BCUT2D eigenvalue weighted by molar-refractivity contribution is 0.373. The molecule has 0 radical (unpaired) electrons. The molecule has 2 N–H and O–H groups in total. The van der Waals surface area contributed by atoms with Crippen LogP contribution < -0.4 is 10.1 Å². The Morgan fingerprint density at radius 3 is 2.67 bits per heavy atom. The van der Waals surface area contributed by atoms with Gasteiger partial charge in [0.2, 0.25) is 5.95 Å². The first-order valence-corrected chi connectivity index (χ1v) is 8.65. The van der Waals surface area contributed by atoms with Gasteiger partial charge < -0.3 is 19.7 Å². The highest BCUT2D eigenvalue weighted by Crippen LogP contribution is 2.32. The molecule has 0 saturated carbocycles. The molecule has 6 nitrogen and oxygen atoms in total. The quantitative estimate of drug-likeness (QED) is 0.565. The van der Waals surface area contributed by atoms with Gasteiger partial charge in [-0.15, -0.1) is 0 Å². The molecule has 0 aliphatic heterocycles. The van der Waals surface area contributed by atoms with Crippen molar-refractivity contribution in [3.8, 4) is 22.8 Å². The topological polar surface area (TPSA) is 72.2 Å². The molecule has 0 atom stereocenters. The van der Waals surface area contributed by atoms with Crippen molar-refractivity contribution in [2.45, 2.75) is 6.54 Å². The van der Waals surface area contributed by atoms with Gasteiger partial charge in [0.15, 0.2) is 11.5 Å². The summed E-state index contributed by atoms with van der Waals surface area (Å²) < 4.78 is 7.35. The number of pyridine rings is 1. The van der Waals surface area contributed by atoms with E-state index in [1.165, 1.54) is 12.7 Å². The number of phenols is 1. The van der Waals surface area contributed by atoms with E-state index in [1.54, 1.807) is 18.3 Å². The largest absolute Gasteiger partial charge is 0.504 e. The zero-order valence-electron chi connectivity index (χ0n) is 15.2. The van der Waals surface area contributed by atoms with Crippen molar-refractivity contribution in [3.05, 3.63) is 66.4 Å². The number of ether oxygens (including phenoxy) is 1. The van der Waals surface area contributed by atoms with Crippen LogP contribution in [0.15, 0.2) is 60.8 Å². The van der Waals surface area contributed by atoms with Crippen molar-refractivity contribution in [1.29, 1.82) is 0 Å². The molecule has 0 aliphatic rings. The summed E-state index contributed by atoms with van der Waals surface area (Å²) in [4.78, 5) is 9.17. The Morgan fingerprint density at radius 1 is 1.11 bits per heavy atom. The molecule has 0 saturated heterocycles. The van der Waals surface area contributed by atoms with E-state index >= 15 is 0 Å². The van der Waals surface area contributed by atoms with Gasteiger partial charge in [0.05, 0.1) is 31.1 Å². The third-order valence-electron chi connectivity index (χ3n) is 4.52. The monoisotopic (exact) mass is 360 g/mol. The average molecular weight is 360 g/mol. The molecule has 0 bridgehead atoms. The SMILES string of the molecule is CNc1nc2cnc(-c3ccc(O)c(OC)c3)cc2n1Cc1ccccc1. The van der Waals surface area contributed by atoms with Gasteiger partial charge in [-0.25, -0.2) is 4.98 Å². The Bertz CT molecular complexity index is 1090. The second kappa shape index (κ2) is 6.99. The molecule has 2 aromatic heterocycles. The minimum Gasteiger partial charge on any atom is -0.504 e. The van der Waals surface area contributed by atoms with E-state index in [4.69, 9.17) is 4.74 Å². The average Bonchev–Trinajstić information content (AvgIpc) is 3.06. The number of imidazole rings is 1. The normalized spacial score (nSPS) is 10.9. The summed E-state index contributed by atoms with van der Waals surface area (Å²) in [5.41, 5.74) is 4.66. The number of nitrogens with one attached hydrogen (secondary N) is 1. The van der Waals surface area contributed by atoms with Crippen LogP contribution in [0.5, 0.6) is 11.5 Å². The highest BCUT2D eigenvalue weighted by Gasteiger charge is 2.13. The standard InChI is InChI=1S/C21H20N4O2/c1-22-21-24-17-12-23-16(15-8-9-19(26)20(10-15)27-2)11-18(17)25(21)13-14-6-4-3-5-7-14/h3-12,26H,13H2,1-2H3,(H,22,24). The van der Waals surface area contributed by atoms with Crippen molar-refractivity contribution >= 4 is 17.0 Å². The van der Waals surface area contributed by atoms with Crippen LogP contribution >= 0.6 is 0 Å². The zero-order chi connectivity index (χ0) is 18.8. The Balaban J connectivity index is 1.82. The second-order valence-electron chi connectivity index (χ2n) is 6.20. The van der Waals surface area contributed by atoms with E-state index in [0.29, 0.717) is 12.3 Å². The molecule has 2 heterocycles. The highest BCUT2D eigenvalue weighted by molar-refractivity contribution is 5.82. The Morgan fingerprint density at radius 2 is 1.93 bits per heavy atom. The fraction of sp³-hybridized carbons (Fsp3) is 0.143. The molecule has 0 spiro atoms. The van der Waals surface area contributed by atoms with Crippen molar-refractivity contribution in [2.24, 2.45) is 0 Å². The fourth-order valence-electron chi connectivity index (χ4n) is 3.14. The summed E-state index contributed by atoms with van der Waals surface area (Å²) in [5.74, 6) is 1.31.